The monoisotopic (exact) mass is 288 g/mol. The number of hydrogen-bond acceptors (Lipinski definition) is 5. The minimum atomic E-state index is 0.597. The van der Waals surface area contributed by atoms with E-state index in [4.69, 9.17) is 4.28 Å². The van der Waals surface area contributed by atoms with E-state index in [-0.39, 0.29) is 0 Å². The molecule has 5 nitrogen and oxygen atoms in total. The van der Waals surface area contributed by atoms with Gasteiger partial charge in [-0.3, -0.25) is 4.31 Å². The second-order valence-electron chi connectivity index (χ2n) is 4.47. The van der Waals surface area contributed by atoms with Crippen LogP contribution in [0.25, 0.3) is 11.0 Å². The van der Waals surface area contributed by atoms with E-state index in [1.54, 1.807) is 0 Å². The smallest absolute Gasteiger partial charge is 0.226 e. The van der Waals surface area contributed by atoms with Gasteiger partial charge in [0.05, 0.1) is 11.0 Å². The number of likely N-dealkylation sites (N-methyl/N-ethyl adjacent to an activating group) is 1. The lowest BCUT2D eigenvalue weighted by Crippen LogP contribution is -2.11. The van der Waals surface area contributed by atoms with Gasteiger partial charge in [0.15, 0.2) is 0 Å². The number of allylic oxidation sites excluding steroid dienone is 3. The van der Waals surface area contributed by atoms with E-state index in [9.17, 15) is 0 Å². The number of anilines is 1. The normalized spacial score (nSPS) is 14.3. The second-order valence-corrected chi connectivity index (χ2v) is 5.33. The third kappa shape index (κ3) is 2.97. The molecule has 0 saturated carbocycles. The van der Waals surface area contributed by atoms with Gasteiger partial charge in [0.2, 0.25) is 5.95 Å². The molecule has 104 valence electrons. The Morgan fingerprint density at radius 3 is 3.05 bits per heavy atom. The molecule has 1 aliphatic carbocycles. The summed E-state index contributed by atoms with van der Waals surface area (Å²) in [5.74, 6) is 0.597. The number of H-pyrrole nitrogens is 1. The summed E-state index contributed by atoms with van der Waals surface area (Å²) < 4.78 is 7.35. The number of aromatic amines is 1. The largest absolute Gasteiger partial charge is 0.322 e. The molecule has 20 heavy (non-hydrogen) atoms. The molecular formula is C14H16N4OS. The van der Waals surface area contributed by atoms with E-state index in [1.165, 1.54) is 12.2 Å². The first-order valence-electron chi connectivity index (χ1n) is 6.48. The van der Waals surface area contributed by atoms with E-state index in [0.29, 0.717) is 5.95 Å². The molecule has 1 aromatic carbocycles. The molecule has 1 aromatic heterocycles. The van der Waals surface area contributed by atoms with Crippen LogP contribution in [0.2, 0.25) is 0 Å². The van der Waals surface area contributed by atoms with Crippen LogP contribution < -0.4 is 5.48 Å². The lowest BCUT2D eigenvalue weighted by atomic mass is 10.1. The number of nitrogens with zero attached hydrogens (tertiary/aromatic N) is 2. The number of hydrogen-bond donors (Lipinski definition) is 2. The first-order chi connectivity index (χ1) is 9.83. The fourth-order valence-electron chi connectivity index (χ4n) is 1.99. The van der Waals surface area contributed by atoms with Crippen molar-refractivity contribution in [3.8, 4) is 0 Å². The van der Waals surface area contributed by atoms with Crippen molar-refractivity contribution in [1.82, 2.24) is 14.3 Å². The Bertz CT molecular complexity index is 616. The van der Waals surface area contributed by atoms with Gasteiger partial charge in [-0.25, -0.2) is 10.5 Å². The Hall–Kier alpha value is -1.92. The summed E-state index contributed by atoms with van der Waals surface area (Å²) in [6.45, 7) is 0. The van der Waals surface area contributed by atoms with Crippen molar-refractivity contribution in [3.63, 3.8) is 0 Å². The molecule has 0 unspecified atom stereocenters. The van der Waals surface area contributed by atoms with Crippen LogP contribution >= 0.6 is 12.2 Å². The van der Waals surface area contributed by atoms with Gasteiger partial charge in [-0.05, 0) is 31.1 Å². The molecular weight excluding hydrogens is 272 g/mol. The van der Waals surface area contributed by atoms with Crippen LogP contribution in [0.5, 0.6) is 0 Å². The molecule has 1 aliphatic rings. The van der Waals surface area contributed by atoms with Crippen molar-refractivity contribution < 1.29 is 4.28 Å². The standard InChI is InChI=1S/C14H16N4OS/c1-18(11-7-3-2-4-8-11)20-19-17-14-15-12-9-5-6-10-13(12)16-14/h3,5-10H,2,4H2,1H3,(H2,15,16,17). The molecule has 0 radical (unpaired) electrons. The van der Waals surface area contributed by atoms with E-state index in [0.717, 1.165) is 29.6 Å². The Morgan fingerprint density at radius 1 is 1.35 bits per heavy atom. The summed E-state index contributed by atoms with van der Waals surface area (Å²) in [7, 11) is 1.96. The second kappa shape index (κ2) is 6.02. The predicted molar refractivity (Wildman–Crippen MR) is 82.6 cm³/mol. The summed E-state index contributed by atoms with van der Waals surface area (Å²) in [4.78, 5) is 7.51. The summed E-state index contributed by atoms with van der Waals surface area (Å²) in [5.41, 5.74) is 5.85. The fraction of sp³-hybridized carbons (Fsp3) is 0.214. The molecule has 0 spiro atoms. The summed E-state index contributed by atoms with van der Waals surface area (Å²) in [6, 6.07) is 7.85. The first-order valence-corrected chi connectivity index (χ1v) is 7.17. The SMILES string of the molecule is CN(SONc1nc2ccccc2[nH]1)C1=CCCC=C1. The molecule has 2 N–H and O–H groups in total. The van der Waals surface area contributed by atoms with Gasteiger partial charge in [0, 0.05) is 12.7 Å². The van der Waals surface area contributed by atoms with Crippen molar-refractivity contribution in [2.45, 2.75) is 12.8 Å². The lowest BCUT2D eigenvalue weighted by molar-refractivity contribution is 0.444. The van der Waals surface area contributed by atoms with Gasteiger partial charge in [-0.15, -0.1) is 0 Å². The third-order valence-corrected chi connectivity index (χ3v) is 3.61. The topological polar surface area (TPSA) is 53.2 Å². The molecule has 0 atom stereocenters. The number of imidazole rings is 1. The van der Waals surface area contributed by atoms with Crippen LogP contribution in [0.1, 0.15) is 12.8 Å². The molecule has 0 saturated heterocycles. The fourth-order valence-corrected chi connectivity index (χ4v) is 2.44. The summed E-state index contributed by atoms with van der Waals surface area (Å²) >= 11 is 1.23. The van der Waals surface area contributed by atoms with Gasteiger partial charge in [-0.1, -0.05) is 24.3 Å². The highest BCUT2D eigenvalue weighted by Gasteiger charge is 2.06. The van der Waals surface area contributed by atoms with Crippen LogP contribution in [0, 0.1) is 0 Å². The molecule has 3 rings (SSSR count). The zero-order valence-corrected chi connectivity index (χ0v) is 12.0. The average Bonchev–Trinajstić information content (AvgIpc) is 2.90. The zero-order valence-electron chi connectivity index (χ0n) is 11.2. The highest BCUT2D eigenvalue weighted by molar-refractivity contribution is 7.92. The maximum absolute atomic E-state index is 5.39. The Morgan fingerprint density at radius 2 is 2.25 bits per heavy atom. The minimum Gasteiger partial charge on any atom is -0.322 e. The van der Waals surface area contributed by atoms with Gasteiger partial charge in [0.1, 0.15) is 12.2 Å². The van der Waals surface area contributed by atoms with Crippen molar-refractivity contribution in [1.29, 1.82) is 0 Å². The summed E-state index contributed by atoms with van der Waals surface area (Å²) in [6.07, 6.45) is 8.64. The summed E-state index contributed by atoms with van der Waals surface area (Å²) in [5, 5.41) is 0. The van der Waals surface area contributed by atoms with Gasteiger partial charge < -0.3 is 4.98 Å². The number of aromatic nitrogens is 2. The molecule has 1 heterocycles. The molecule has 6 heteroatoms. The van der Waals surface area contributed by atoms with Crippen molar-refractivity contribution >= 4 is 29.2 Å². The molecule has 0 aliphatic heterocycles. The predicted octanol–water partition coefficient (Wildman–Crippen LogP) is 3.64. The van der Waals surface area contributed by atoms with Crippen molar-refractivity contribution in [2.75, 3.05) is 12.5 Å². The van der Waals surface area contributed by atoms with E-state index >= 15 is 0 Å². The average molecular weight is 288 g/mol. The highest BCUT2D eigenvalue weighted by Crippen LogP contribution is 2.21. The van der Waals surface area contributed by atoms with Crippen LogP contribution in [0.15, 0.2) is 48.2 Å². The maximum Gasteiger partial charge on any atom is 0.226 e. The Kier molecular flexibility index (Phi) is 3.94. The number of nitrogens with one attached hydrogen (secondary N) is 2. The molecule has 0 bridgehead atoms. The van der Waals surface area contributed by atoms with Gasteiger partial charge >= 0.3 is 0 Å². The van der Waals surface area contributed by atoms with Crippen LogP contribution in [0.3, 0.4) is 0 Å². The quantitative estimate of drug-likeness (QED) is 0.500. The number of benzene rings is 1. The number of para-hydroxylation sites is 2. The number of fused-ring (bicyclic) bond motifs is 1. The first kappa shape index (κ1) is 13.1. The van der Waals surface area contributed by atoms with Gasteiger partial charge in [0.25, 0.3) is 0 Å². The molecule has 0 fully saturated rings. The van der Waals surface area contributed by atoms with Crippen LogP contribution in [-0.4, -0.2) is 21.3 Å². The van der Waals surface area contributed by atoms with Crippen molar-refractivity contribution in [2.24, 2.45) is 0 Å². The zero-order chi connectivity index (χ0) is 13.8. The minimum absolute atomic E-state index is 0.597. The lowest BCUT2D eigenvalue weighted by Gasteiger charge is -2.18. The highest BCUT2D eigenvalue weighted by atomic mass is 32.2. The van der Waals surface area contributed by atoms with Crippen LogP contribution in [0.4, 0.5) is 5.95 Å². The van der Waals surface area contributed by atoms with E-state index in [1.807, 2.05) is 35.6 Å². The van der Waals surface area contributed by atoms with Crippen molar-refractivity contribution in [3.05, 3.63) is 48.2 Å². The number of rotatable bonds is 5. The molecule has 2 aromatic rings. The van der Waals surface area contributed by atoms with Crippen LogP contribution in [-0.2, 0) is 4.28 Å². The molecule has 0 amide bonds. The van der Waals surface area contributed by atoms with Gasteiger partial charge in [-0.2, -0.15) is 4.28 Å². The maximum atomic E-state index is 5.39. The Balaban J connectivity index is 1.54. The van der Waals surface area contributed by atoms with E-state index < -0.39 is 0 Å². The third-order valence-electron chi connectivity index (χ3n) is 3.02. The van der Waals surface area contributed by atoms with E-state index in [2.05, 4.69) is 33.7 Å². The Labute approximate surface area is 122 Å².